The maximum atomic E-state index is 12.7. The predicted molar refractivity (Wildman–Crippen MR) is 150 cm³/mol. The lowest BCUT2D eigenvalue weighted by atomic mass is 9.84. The molecular formula is C31H34O10. The zero-order valence-corrected chi connectivity index (χ0v) is 23.3. The number of methoxy groups -OCH3 is 4. The molecule has 4 rings (SSSR count). The molecule has 1 fully saturated rings. The largest absolute Gasteiger partial charge is 0.504 e. The number of hydrogen-bond acceptors (Lipinski definition) is 10. The molecule has 0 aromatic heterocycles. The lowest BCUT2D eigenvalue weighted by Crippen LogP contribution is -2.24. The van der Waals surface area contributed by atoms with Gasteiger partial charge in [0.2, 0.25) is 5.75 Å². The Morgan fingerprint density at radius 1 is 0.854 bits per heavy atom. The van der Waals surface area contributed by atoms with Gasteiger partial charge in [0.15, 0.2) is 34.5 Å². The van der Waals surface area contributed by atoms with E-state index < -0.39 is 12.1 Å². The minimum absolute atomic E-state index is 0.000663. The van der Waals surface area contributed by atoms with Crippen LogP contribution < -0.4 is 18.9 Å². The summed E-state index contributed by atoms with van der Waals surface area (Å²) >= 11 is 0. The molecule has 1 aliphatic heterocycles. The normalized spacial score (nSPS) is 18.3. The molecular weight excluding hydrogens is 532 g/mol. The molecule has 41 heavy (non-hydrogen) atoms. The molecule has 0 bridgehead atoms. The van der Waals surface area contributed by atoms with E-state index in [1.54, 1.807) is 42.5 Å². The Morgan fingerprint density at radius 2 is 1.46 bits per heavy atom. The highest BCUT2D eigenvalue weighted by molar-refractivity contribution is 5.87. The van der Waals surface area contributed by atoms with Crippen LogP contribution in [0.2, 0.25) is 0 Å². The number of phenols is 3. The molecule has 1 saturated heterocycles. The van der Waals surface area contributed by atoms with E-state index in [1.165, 1.54) is 40.6 Å². The molecule has 0 aliphatic carbocycles. The van der Waals surface area contributed by atoms with Crippen molar-refractivity contribution in [2.24, 2.45) is 11.8 Å². The first-order valence-corrected chi connectivity index (χ1v) is 12.9. The standard InChI is InChI=1S/C31H34O10/c1-36-25-12-18(5-8-23(25)32)7-10-29(34)40-17-22-21(11-19-6-9-24(33)26(13-19)37-2)16-41-31(22)20-14-27(38-3)30(35)28(15-20)39-4/h5-10,12-15,21-22,31-33,35H,11,16-17H2,1-4H3. The van der Waals surface area contributed by atoms with Gasteiger partial charge in [0.1, 0.15) is 0 Å². The first-order chi connectivity index (χ1) is 19.8. The smallest absolute Gasteiger partial charge is 0.330 e. The fourth-order valence-corrected chi connectivity index (χ4v) is 4.92. The van der Waals surface area contributed by atoms with Crippen LogP contribution in [-0.4, -0.2) is 62.9 Å². The number of ether oxygens (including phenoxy) is 6. The zero-order chi connectivity index (χ0) is 29.5. The van der Waals surface area contributed by atoms with Gasteiger partial charge in [-0.05, 0) is 71.5 Å². The van der Waals surface area contributed by atoms with Crippen molar-refractivity contribution in [1.29, 1.82) is 0 Å². The molecule has 1 aliphatic rings. The fourth-order valence-electron chi connectivity index (χ4n) is 4.92. The van der Waals surface area contributed by atoms with Gasteiger partial charge in [-0.2, -0.15) is 0 Å². The topological polar surface area (TPSA) is 133 Å². The van der Waals surface area contributed by atoms with Crippen molar-refractivity contribution >= 4 is 12.0 Å². The second kappa shape index (κ2) is 13.2. The van der Waals surface area contributed by atoms with Gasteiger partial charge in [-0.15, -0.1) is 0 Å². The third-order valence-corrected chi connectivity index (χ3v) is 7.09. The lowest BCUT2D eigenvalue weighted by molar-refractivity contribution is -0.139. The molecule has 3 unspecified atom stereocenters. The van der Waals surface area contributed by atoms with Crippen molar-refractivity contribution in [2.75, 3.05) is 41.7 Å². The van der Waals surface area contributed by atoms with E-state index in [4.69, 9.17) is 28.4 Å². The number of carbonyl (C=O) groups excluding carboxylic acids is 1. The third-order valence-electron chi connectivity index (χ3n) is 7.09. The van der Waals surface area contributed by atoms with Crippen LogP contribution in [-0.2, 0) is 20.7 Å². The highest BCUT2D eigenvalue weighted by Crippen LogP contribution is 2.46. The van der Waals surface area contributed by atoms with Crippen molar-refractivity contribution in [3.05, 3.63) is 71.3 Å². The monoisotopic (exact) mass is 566 g/mol. The summed E-state index contributed by atoms with van der Waals surface area (Å²) in [5.74, 6) is 0.179. The minimum Gasteiger partial charge on any atom is -0.504 e. The second-order valence-electron chi connectivity index (χ2n) is 9.56. The summed E-state index contributed by atoms with van der Waals surface area (Å²) in [5, 5.41) is 30.2. The maximum absolute atomic E-state index is 12.7. The molecule has 3 aromatic rings. The van der Waals surface area contributed by atoms with Crippen LogP contribution in [0.25, 0.3) is 6.08 Å². The summed E-state index contributed by atoms with van der Waals surface area (Å²) in [7, 11) is 5.83. The van der Waals surface area contributed by atoms with Gasteiger partial charge >= 0.3 is 5.97 Å². The van der Waals surface area contributed by atoms with Crippen LogP contribution in [0.15, 0.2) is 54.6 Å². The first kappa shape index (κ1) is 29.4. The van der Waals surface area contributed by atoms with E-state index >= 15 is 0 Å². The minimum atomic E-state index is -0.548. The molecule has 10 nitrogen and oxygen atoms in total. The Hall–Kier alpha value is -4.57. The lowest BCUT2D eigenvalue weighted by Gasteiger charge is -2.24. The number of aromatic hydroxyl groups is 3. The summed E-state index contributed by atoms with van der Waals surface area (Å²) < 4.78 is 33.0. The number of rotatable bonds is 11. The molecule has 0 spiro atoms. The number of phenolic OH excluding ortho intramolecular Hbond substituents is 3. The highest BCUT2D eigenvalue weighted by atomic mass is 16.5. The molecule has 0 saturated carbocycles. The summed E-state index contributed by atoms with van der Waals surface area (Å²) in [4.78, 5) is 12.7. The van der Waals surface area contributed by atoms with Gasteiger partial charge in [0, 0.05) is 12.0 Å². The number of carbonyl (C=O) groups is 1. The van der Waals surface area contributed by atoms with Crippen molar-refractivity contribution in [3.8, 4) is 40.2 Å². The maximum Gasteiger partial charge on any atom is 0.330 e. The Kier molecular flexibility index (Phi) is 9.46. The van der Waals surface area contributed by atoms with E-state index in [0.717, 1.165) is 5.56 Å². The van der Waals surface area contributed by atoms with E-state index in [2.05, 4.69) is 0 Å². The summed E-state index contributed by atoms with van der Waals surface area (Å²) in [6, 6.07) is 13.3. The Balaban J connectivity index is 1.57. The van der Waals surface area contributed by atoms with Crippen LogP contribution in [0.3, 0.4) is 0 Å². The van der Waals surface area contributed by atoms with Crippen LogP contribution in [0.4, 0.5) is 0 Å². The molecule has 3 aromatic carbocycles. The van der Waals surface area contributed by atoms with Gasteiger partial charge in [-0.1, -0.05) is 12.1 Å². The third kappa shape index (κ3) is 6.78. The van der Waals surface area contributed by atoms with E-state index in [-0.39, 0.29) is 47.2 Å². The fraction of sp³-hybridized carbons (Fsp3) is 0.323. The predicted octanol–water partition coefficient (Wildman–Crippen LogP) is 4.64. The van der Waals surface area contributed by atoms with E-state index in [1.807, 2.05) is 6.07 Å². The summed E-state index contributed by atoms with van der Waals surface area (Å²) in [6.07, 6.45) is 2.97. The highest BCUT2D eigenvalue weighted by Gasteiger charge is 2.40. The van der Waals surface area contributed by atoms with Crippen molar-refractivity contribution < 1.29 is 48.5 Å². The van der Waals surface area contributed by atoms with Crippen molar-refractivity contribution in [2.45, 2.75) is 12.5 Å². The summed E-state index contributed by atoms with van der Waals surface area (Å²) in [5.41, 5.74) is 2.28. The van der Waals surface area contributed by atoms with Crippen molar-refractivity contribution in [3.63, 3.8) is 0 Å². The van der Waals surface area contributed by atoms with Gasteiger partial charge in [-0.25, -0.2) is 4.79 Å². The van der Waals surface area contributed by atoms with Gasteiger partial charge in [0.25, 0.3) is 0 Å². The van der Waals surface area contributed by atoms with Crippen LogP contribution in [0.1, 0.15) is 22.8 Å². The SMILES string of the molecule is COc1cc(C=CC(=O)OCC2C(Cc3ccc(O)c(OC)c3)COC2c2cc(OC)c(O)c(OC)c2)ccc1O. The first-order valence-electron chi connectivity index (χ1n) is 12.9. The van der Waals surface area contributed by atoms with E-state index in [9.17, 15) is 20.1 Å². The molecule has 218 valence electrons. The molecule has 0 radical (unpaired) electrons. The molecule has 3 atom stereocenters. The van der Waals surface area contributed by atoms with Crippen LogP contribution in [0, 0.1) is 11.8 Å². The van der Waals surface area contributed by atoms with Crippen LogP contribution >= 0.6 is 0 Å². The average Bonchev–Trinajstić information content (AvgIpc) is 3.38. The Bertz CT molecular complexity index is 1370. The Labute approximate surface area is 238 Å². The van der Waals surface area contributed by atoms with Gasteiger partial charge < -0.3 is 43.7 Å². The van der Waals surface area contributed by atoms with E-state index in [0.29, 0.717) is 35.7 Å². The number of hydrogen-bond donors (Lipinski definition) is 3. The average molecular weight is 567 g/mol. The molecule has 1 heterocycles. The van der Waals surface area contributed by atoms with Gasteiger partial charge in [-0.3, -0.25) is 0 Å². The Morgan fingerprint density at radius 3 is 2.10 bits per heavy atom. The second-order valence-corrected chi connectivity index (χ2v) is 9.56. The van der Waals surface area contributed by atoms with Gasteiger partial charge in [0.05, 0.1) is 47.8 Å². The van der Waals surface area contributed by atoms with Crippen LogP contribution in [0.5, 0.6) is 40.2 Å². The molecule has 0 amide bonds. The molecule has 10 heteroatoms. The number of esters is 1. The molecule has 3 N–H and O–H groups in total. The van der Waals surface area contributed by atoms with Crippen molar-refractivity contribution in [1.82, 2.24) is 0 Å². The quantitative estimate of drug-likeness (QED) is 0.223. The summed E-state index contributed by atoms with van der Waals surface area (Å²) in [6.45, 7) is 0.433. The number of benzene rings is 3. The zero-order valence-electron chi connectivity index (χ0n) is 23.3.